The van der Waals surface area contributed by atoms with E-state index in [2.05, 4.69) is 9.82 Å². The molecule has 4 aromatic rings. The molecule has 36 heavy (non-hydrogen) atoms. The van der Waals surface area contributed by atoms with Crippen LogP contribution in [0.1, 0.15) is 24.8 Å². The molecule has 1 aliphatic carbocycles. The van der Waals surface area contributed by atoms with Crippen molar-refractivity contribution < 1.29 is 18.3 Å². The first-order valence-corrected chi connectivity index (χ1v) is 14.1. The van der Waals surface area contributed by atoms with Crippen LogP contribution in [0.25, 0.3) is 10.4 Å². The highest BCUT2D eigenvalue weighted by Crippen LogP contribution is 2.61. The molecule has 5 rings (SSSR count). The van der Waals surface area contributed by atoms with E-state index in [0.717, 1.165) is 27.3 Å². The first-order valence-electron chi connectivity index (χ1n) is 11.4. The molecule has 2 atom stereocenters. The van der Waals surface area contributed by atoms with Gasteiger partial charge in [-0.05, 0) is 60.7 Å². The fraction of sp³-hybridized carbons (Fsp3) is 0.231. The van der Waals surface area contributed by atoms with Gasteiger partial charge in [0.2, 0.25) is 0 Å². The molecular formula is C26H24ClN3O4S2. The Labute approximate surface area is 218 Å². The van der Waals surface area contributed by atoms with Gasteiger partial charge in [-0.2, -0.15) is 9.82 Å². The second kappa shape index (κ2) is 9.48. The monoisotopic (exact) mass is 541 g/mol. The number of carboxylic acid groups (broad SMARTS) is 1. The first kappa shape index (κ1) is 24.7. The zero-order chi connectivity index (χ0) is 25.4. The summed E-state index contributed by atoms with van der Waals surface area (Å²) in [7, 11) is -4.10. The van der Waals surface area contributed by atoms with Gasteiger partial charge >= 0.3 is 5.97 Å². The van der Waals surface area contributed by atoms with Crippen LogP contribution < -0.4 is 4.72 Å². The molecule has 0 amide bonds. The number of aryl methyl sites for hydroxylation is 1. The van der Waals surface area contributed by atoms with Gasteiger partial charge in [-0.25, -0.2) is 8.42 Å². The summed E-state index contributed by atoms with van der Waals surface area (Å²) in [6.45, 7) is 0.611. The van der Waals surface area contributed by atoms with E-state index in [1.165, 1.54) is 6.07 Å². The largest absolute Gasteiger partial charge is 0.480 e. The lowest BCUT2D eigenvalue weighted by atomic mass is 9.86. The number of halogens is 1. The fourth-order valence-electron chi connectivity index (χ4n) is 4.91. The maximum absolute atomic E-state index is 13.5. The topological polar surface area (TPSA) is 101 Å². The van der Waals surface area contributed by atoms with Gasteiger partial charge in [0.05, 0.1) is 0 Å². The van der Waals surface area contributed by atoms with Crippen molar-refractivity contribution in [2.24, 2.45) is 0 Å². The normalized spacial score (nSPS) is 21.4. The van der Waals surface area contributed by atoms with E-state index < -0.39 is 26.9 Å². The minimum absolute atomic E-state index is 0.0680. The Morgan fingerprint density at radius 3 is 2.50 bits per heavy atom. The summed E-state index contributed by atoms with van der Waals surface area (Å²) in [4.78, 5) is 13.4. The predicted molar refractivity (Wildman–Crippen MR) is 140 cm³/mol. The fourth-order valence-corrected chi connectivity index (χ4v) is 7.77. The van der Waals surface area contributed by atoms with Crippen molar-refractivity contribution in [2.75, 3.05) is 0 Å². The second-order valence-corrected chi connectivity index (χ2v) is 12.4. The Balaban J connectivity index is 1.44. The van der Waals surface area contributed by atoms with Crippen molar-refractivity contribution in [3.05, 3.63) is 95.8 Å². The summed E-state index contributed by atoms with van der Waals surface area (Å²) in [5, 5.41) is 15.2. The number of carboxylic acids is 1. The third kappa shape index (κ3) is 4.48. The smallest absolute Gasteiger partial charge is 0.325 e. The number of aliphatic carboxylic acids is 1. The summed E-state index contributed by atoms with van der Waals surface area (Å²) < 4.78 is 31.4. The van der Waals surface area contributed by atoms with Gasteiger partial charge in [-0.3, -0.25) is 9.48 Å². The standard InChI is InChI=1S/C26H24ClN3O4S2/c27-21-10-8-19(9-11-21)22-12-13-23(35-22)36(33,34)29-26(24(31)32)18-25(26,20-6-2-1-3-7-20)14-4-16-30-17-5-15-28-30/h1-3,5-13,15,17,29H,4,14,16,18H2,(H,31,32)/t25-,26-/m0/s1. The number of benzene rings is 2. The summed E-state index contributed by atoms with van der Waals surface area (Å²) in [6.07, 6.45) is 4.86. The van der Waals surface area contributed by atoms with Crippen LogP contribution in [-0.2, 0) is 26.8 Å². The van der Waals surface area contributed by atoms with Gasteiger partial charge in [0.25, 0.3) is 10.0 Å². The van der Waals surface area contributed by atoms with Gasteiger partial charge in [0, 0.05) is 34.3 Å². The third-order valence-corrected chi connectivity index (χ3v) is 10.2. The van der Waals surface area contributed by atoms with Crippen LogP contribution in [0.2, 0.25) is 5.02 Å². The van der Waals surface area contributed by atoms with Gasteiger partial charge in [-0.1, -0.05) is 54.1 Å². The highest BCUT2D eigenvalue weighted by molar-refractivity contribution is 7.91. The molecule has 2 aromatic carbocycles. The number of carbonyl (C=O) groups is 1. The Bertz CT molecular complexity index is 1470. The molecular weight excluding hydrogens is 518 g/mol. The minimum atomic E-state index is -4.10. The quantitative estimate of drug-likeness (QED) is 0.288. The summed E-state index contributed by atoms with van der Waals surface area (Å²) in [6, 6.07) is 21.5. The van der Waals surface area contributed by atoms with Crippen molar-refractivity contribution in [3.8, 4) is 10.4 Å². The molecule has 0 aliphatic heterocycles. The third-order valence-electron chi connectivity index (χ3n) is 6.78. The lowest BCUT2D eigenvalue weighted by Crippen LogP contribution is -2.48. The van der Waals surface area contributed by atoms with Crippen molar-refractivity contribution in [1.29, 1.82) is 0 Å². The Hall–Kier alpha value is -2.98. The van der Waals surface area contributed by atoms with E-state index in [0.29, 0.717) is 24.4 Å². The zero-order valence-electron chi connectivity index (χ0n) is 19.2. The zero-order valence-corrected chi connectivity index (χ0v) is 21.6. The molecule has 10 heteroatoms. The average Bonchev–Trinajstić information content (AvgIpc) is 3.26. The van der Waals surface area contributed by atoms with Gasteiger partial charge in [-0.15, -0.1) is 11.3 Å². The van der Waals surface area contributed by atoms with E-state index in [-0.39, 0.29) is 10.6 Å². The molecule has 1 fully saturated rings. The average molecular weight is 542 g/mol. The SMILES string of the molecule is O=C(O)[C@@]1(NS(=O)(=O)c2ccc(-c3ccc(Cl)cc3)s2)C[C@@]1(CCCn1cccn1)c1ccccc1. The molecule has 2 heterocycles. The maximum Gasteiger partial charge on any atom is 0.325 e. The number of sulfonamides is 1. The number of hydrogen-bond donors (Lipinski definition) is 2. The first-order chi connectivity index (χ1) is 17.3. The second-order valence-electron chi connectivity index (χ2n) is 8.94. The molecule has 1 saturated carbocycles. The Morgan fingerprint density at radius 2 is 1.83 bits per heavy atom. The Morgan fingerprint density at radius 1 is 1.08 bits per heavy atom. The van der Waals surface area contributed by atoms with E-state index in [4.69, 9.17) is 11.6 Å². The van der Waals surface area contributed by atoms with E-state index in [1.807, 2.05) is 54.7 Å². The summed E-state index contributed by atoms with van der Waals surface area (Å²) in [5.74, 6) is -1.18. The van der Waals surface area contributed by atoms with Crippen LogP contribution >= 0.6 is 22.9 Å². The predicted octanol–water partition coefficient (Wildman–Crippen LogP) is 5.19. The van der Waals surface area contributed by atoms with Crippen LogP contribution in [0.3, 0.4) is 0 Å². The number of nitrogens with zero attached hydrogens (tertiary/aromatic N) is 2. The Kier molecular flexibility index (Phi) is 6.50. The van der Waals surface area contributed by atoms with Gasteiger partial charge in [0.1, 0.15) is 9.75 Å². The van der Waals surface area contributed by atoms with Crippen molar-refractivity contribution >= 4 is 38.9 Å². The molecule has 186 valence electrons. The highest BCUT2D eigenvalue weighted by Gasteiger charge is 2.74. The number of aromatic nitrogens is 2. The van der Waals surface area contributed by atoms with Crippen molar-refractivity contribution in [3.63, 3.8) is 0 Å². The van der Waals surface area contributed by atoms with E-state index >= 15 is 0 Å². The number of thiophene rings is 1. The molecule has 0 spiro atoms. The molecule has 0 unspecified atom stereocenters. The maximum atomic E-state index is 13.5. The summed E-state index contributed by atoms with van der Waals surface area (Å²) in [5.41, 5.74) is -0.857. The molecule has 0 bridgehead atoms. The van der Waals surface area contributed by atoms with E-state index in [9.17, 15) is 18.3 Å². The van der Waals surface area contributed by atoms with Crippen LogP contribution in [-0.4, -0.2) is 34.8 Å². The minimum Gasteiger partial charge on any atom is -0.480 e. The van der Waals surface area contributed by atoms with Gasteiger partial charge < -0.3 is 5.11 Å². The molecule has 7 nitrogen and oxygen atoms in total. The van der Waals surface area contributed by atoms with Crippen molar-refractivity contribution in [1.82, 2.24) is 14.5 Å². The molecule has 2 aromatic heterocycles. The van der Waals surface area contributed by atoms with Crippen LogP contribution in [0.5, 0.6) is 0 Å². The molecule has 0 saturated heterocycles. The lowest BCUT2D eigenvalue weighted by Gasteiger charge is -2.24. The van der Waals surface area contributed by atoms with Crippen molar-refractivity contribution in [2.45, 2.75) is 41.0 Å². The van der Waals surface area contributed by atoms with Crippen LogP contribution in [0.4, 0.5) is 0 Å². The highest BCUT2D eigenvalue weighted by atomic mass is 35.5. The molecule has 1 aliphatic rings. The van der Waals surface area contributed by atoms with Crippen LogP contribution in [0, 0.1) is 0 Å². The summed E-state index contributed by atoms with van der Waals surface area (Å²) >= 11 is 7.06. The number of rotatable bonds is 10. The van der Waals surface area contributed by atoms with E-state index in [1.54, 1.807) is 29.1 Å². The molecule has 0 radical (unpaired) electrons. The van der Waals surface area contributed by atoms with Gasteiger partial charge in [0.15, 0.2) is 0 Å². The van der Waals surface area contributed by atoms with Crippen LogP contribution in [0.15, 0.2) is 89.4 Å². The lowest BCUT2D eigenvalue weighted by molar-refractivity contribution is -0.140. The molecule has 2 N–H and O–H groups in total. The number of hydrogen-bond acceptors (Lipinski definition) is 5. The number of nitrogens with one attached hydrogen (secondary N) is 1.